The Labute approximate surface area is 119 Å². The molecule has 112 valence electrons. The Morgan fingerprint density at radius 1 is 1.25 bits per heavy atom. The Morgan fingerprint density at radius 2 is 2.00 bits per heavy atom. The Hall–Kier alpha value is -1.67. The smallest absolute Gasteiger partial charge is 0.243 e. The van der Waals surface area contributed by atoms with E-state index in [2.05, 4.69) is 25.7 Å². The zero-order valence-electron chi connectivity index (χ0n) is 12.1. The molecule has 8 heteroatoms. The average Bonchev–Trinajstić information content (AvgIpc) is 3.26. The van der Waals surface area contributed by atoms with Crippen LogP contribution in [0.15, 0.2) is 0 Å². The molecule has 1 aromatic heterocycles. The lowest BCUT2D eigenvalue weighted by Crippen LogP contribution is -2.19. The van der Waals surface area contributed by atoms with Crippen molar-refractivity contribution in [3.05, 3.63) is 0 Å². The number of hydrazine groups is 1. The molecule has 0 radical (unpaired) electrons. The van der Waals surface area contributed by atoms with Crippen LogP contribution in [0.25, 0.3) is 0 Å². The van der Waals surface area contributed by atoms with Crippen molar-refractivity contribution in [3.8, 4) is 0 Å². The number of nitrogens with zero attached hydrogens (tertiary/aromatic N) is 4. The van der Waals surface area contributed by atoms with Gasteiger partial charge >= 0.3 is 0 Å². The van der Waals surface area contributed by atoms with Gasteiger partial charge in [-0.05, 0) is 25.2 Å². The minimum Gasteiger partial charge on any atom is -0.381 e. The lowest BCUT2D eigenvalue weighted by Gasteiger charge is -2.13. The number of rotatable bonds is 9. The summed E-state index contributed by atoms with van der Waals surface area (Å²) in [6.45, 7) is 2.42. The summed E-state index contributed by atoms with van der Waals surface area (Å²) in [6.07, 6.45) is 3.57. The van der Waals surface area contributed by atoms with Crippen molar-refractivity contribution < 1.29 is 4.74 Å². The summed E-state index contributed by atoms with van der Waals surface area (Å²) in [6, 6.07) is 0. The van der Waals surface area contributed by atoms with Crippen molar-refractivity contribution in [2.75, 3.05) is 49.5 Å². The maximum absolute atomic E-state index is 5.57. The molecule has 20 heavy (non-hydrogen) atoms. The minimum atomic E-state index is 0.344. The molecule has 0 amide bonds. The molecule has 1 saturated carbocycles. The predicted octanol–water partition coefficient (Wildman–Crippen LogP) is 0.452. The number of ether oxygens (including phenoxy) is 1. The van der Waals surface area contributed by atoms with E-state index in [4.69, 9.17) is 10.6 Å². The number of anilines is 3. The Morgan fingerprint density at radius 3 is 2.65 bits per heavy atom. The summed E-state index contributed by atoms with van der Waals surface area (Å²) in [5.41, 5.74) is 2.44. The third kappa shape index (κ3) is 4.78. The molecule has 0 aromatic carbocycles. The molecule has 0 atom stereocenters. The highest BCUT2D eigenvalue weighted by Gasteiger charge is 2.20. The topological polar surface area (TPSA) is 101 Å². The van der Waals surface area contributed by atoms with E-state index in [1.54, 1.807) is 4.90 Å². The van der Waals surface area contributed by atoms with Gasteiger partial charge in [0.25, 0.3) is 0 Å². The molecule has 0 spiro atoms. The Kier molecular flexibility index (Phi) is 5.31. The molecule has 8 nitrogen and oxygen atoms in total. The molecule has 0 unspecified atom stereocenters. The van der Waals surface area contributed by atoms with E-state index in [1.165, 1.54) is 12.8 Å². The van der Waals surface area contributed by atoms with E-state index in [0.717, 1.165) is 32.1 Å². The fourth-order valence-electron chi connectivity index (χ4n) is 1.62. The van der Waals surface area contributed by atoms with Gasteiger partial charge in [0.1, 0.15) is 0 Å². The van der Waals surface area contributed by atoms with E-state index in [0.29, 0.717) is 17.8 Å². The molecule has 1 aliphatic carbocycles. The average molecular weight is 281 g/mol. The highest BCUT2D eigenvalue weighted by atomic mass is 16.5. The summed E-state index contributed by atoms with van der Waals surface area (Å²) in [7, 11) is 3.73. The maximum atomic E-state index is 5.57. The van der Waals surface area contributed by atoms with Crippen LogP contribution in [-0.4, -0.2) is 48.8 Å². The molecule has 1 fully saturated rings. The first-order valence-electron chi connectivity index (χ1n) is 6.90. The summed E-state index contributed by atoms with van der Waals surface area (Å²) in [5, 5.41) is 3.15. The molecular weight excluding hydrogens is 258 g/mol. The van der Waals surface area contributed by atoms with E-state index >= 15 is 0 Å². The molecule has 4 N–H and O–H groups in total. The SMILES string of the molecule is CN(C)c1nc(NN)nc(NCCCOCC2CC2)n1. The van der Waals surface area contributed by atoms with Crippen LogP contribution >= 0.6 is 0 Å². The van der Waals surface area contributed by atoms with Crippen molar-refractivity contribution in [1.82, 2.24) is 15.0 Å². The molecule has 1 aliphatic rings. The van der Waals surface area contributed by atoms with Crippen molar-refractivity contribution in [2.45, 2.75) is 19.3 Å². The fraction of sp³-hybridized carbons (Fsp3) is 0.750. The summed E-state index contributed by atoms with van der Waals surface area (Å²) >= 11 is 0. The lowest BCUT2D eigenvalue weighted by atomic mass is 10.4. The molecule has 0 saturated heterocycles. The van der Waals surface area contributed by atoms with Gasteiger partial charge in [0, 0.05) is 33.9 Å². The quantitative estimate of drug-likeness (QED) is 0.341. The maximum Gasteiger partial charge on any atom is 0.243 e. The van der Waals surface area contributed by atoms with Crippen molar-refractivity contribution in [3.63, 3.8) is 0 Å². The normalized spacial score (nSPS) is 14.2. The zero-order valence-corrected chi connectivity index (χ0v) is 12.1. The second-order valence-electron chi connectivity index (χ2n) is 5.12. The first-order chi connectivity index (χ1) is 9.69. The highest BCUT2D eigenvalue weighted by Crippen LogP contribution is 2.28. The summed E-state index contributed by atoms with van der Waals surface area (Å²) in [4.78, 5) is 14.4. The van der Waals surface area contributed by atoms with E-state index in [1.807, 2.05) is 14.1 Å². The fourth-order valence-corrected chi connectivity index (χ4v) is 1.62. The monoisotopic (exact) mass is 281 g/mol. The third-order valence-corrected chi connectivity index (χ3v) is 2.95. The van der Waals surface area contributed by atoms with Crippen LogP contribution in [0.2, 0.25) is 0 Å². The number of hydrogen-bond donors (Lipinski definition) is 3. The Balaban J connectivity index is 1.74. The molecule has 1 heterocycles. The molecule has 0 aliphatic heterocycles. The summed E-state index contributed by atoms with van der Waals surface area (Å²) < 4.78 is 5.57. The van der Waals surface area contributed by atoms with Crippen molar-refractivity contribution in [2.24, 2.45) is 11.8 Å². The Bertz CT molecular complexity index is 422. The second kappa shape index (κ2) is 7.20. The predicted molar refractivity (Wildman–Crippen MR) is 78.6 cm³/mol. The third-order valence-electron chi connectivity index (χ3n) is 2.95. The van der Waals surface area contributed by atoms with E-state index < -0.39 is 0 Å². The van der Waals surface area contributed by atoms with Gasteiger partial charge in [0.05, 0.1) is 0 Å². The van der Waals surface area contributed by atoms with Crippen LogP contribution < -0.4 is 21.5 Å². The number of hydrogen-bond acceptors (Lipinski definition) is 8. The standard InChI is InChI=1S/C12H23N7O/c1-19(2)12-16-10(15-11(17-12)18-13)14-6-3-7-20-8-9-4-5-9/h9H,3-8,13H2,1-2H3,(H2,14,15,16,17,18). The van der Waals surface area contributed by atoms with Gasteiger partial charge < -0.3 is 15.0 Å². The first kappa shape index (κ1) is 14.7. The molecule has 1 aromatic rings. The van der Waals surface area contributed by atoms with E-state index in [-0.39, 0.29) is 0 Å². The molecular formula is C12H23N7O. The van der Waals surface area contributed by atoms with Crippen molar-refractivity contribution in [1.29, 1.82) is 0 Å². The van der Waals surface area contributed by atoms with Gasteiger partial charge in [-0.2, -0.15) is 15.0 Å². The molecule has 0 bridgehead atoms. The van der Waals surface area contributed by atoms with Crippen LogP contribution in [0.3, 0.4) is 0 Å². The van der Waals surface area contributed by atoms with Crippen LogP contribution in [0.1, 0.15) is 19.3 Å². The number of nitrogens with two attached hydrogens (primary N) is 1. The van der Waals surface area contributed by atoms with Crippen LogP contribution in [-0.2, 0) is 4.74 Å². The van der Waals surface area contributed by atoms with Gasteiger partial charge in [-0.15, -0.1) is 0 Å². The number of nitrogens with one attached hydrogen (secondary N) is 2. The van der Waals surface area contributed by atoms with Crippen LogP contribution in [0.5, 0.6) is 0 Å². The van der Waals surface area contributed by atoms with E-state index in [9.17, 15) is 0 Å². The van der Waals surface area contributed by atoms with Gasteiger partial charge in [0.2, 0.25) is 17.8 Å². The molecule has 2 rings (SSSR count). The minimum absolute atomic E-state index is 0.344. The summed E-state index contributed by atoms with van der Waals surface area (Å²) in [5.74, 6) is 7.57. The largest absolute Gasteiger partial charge is 0.381 e. The number of nitrogen functional groups attached to an aromatic ring is 1. The van der Waals surface area contributed by atoms with Gasteiger partial charge in [0.15, 0.2) is 0 Å². The van der Waals surface area contributed by atoms with Crippen LogP contribution in [0.4, 0.5) is 17.8 Å². The van der Waals surface area contributed by atoms with Gasteiger partial charge in [-0.1, -0.05) is 0 Å². The van der Waals surface area contributed by atoms with Gasteiger partial charge in [-0.3, -0.25) is 5.43 Å². The first-order valence-corrected chi connectivity index (χ1v) is 6.90. The lowest BCUT2D eigenvalue weighted by molar-refractivity contribution is 0.124. The zero-order chi connectivity index (χ0) is 14.4. The van der Waals surface area contributed by atoms with Gasteiger partial charge in [-0.25, -0.2) is 5.84 Å². The van der Waals surface area contributed by atoms with Crippen molar-refractivity contribution >= 4 is 17.8 Å². The second-order valence-corrected chi connectivity index (χ2v) is 5.12. The van der Waals surface area contributed by atoms with Crippen LogP contribution in [0, 0.1) is 5.92 Å². The number of aromatic nitrogens is 3. The highest BCUT2D eigenvalue weighted by molar-refractivity contribution is 5.42.